The average Bonchev–Trinajstić information content (AvgIpc) is 3.93. The molecule has 5 rings (SSSR count). The highest BCUT2D eigenvalue weighted by Gasteiger charge is 2.35. The van der Waals surface area contributed by atoms with E-state index in [4.69, 9.17) is 9.84 Å². The second-order valence-corrected chi connectivity index (χ2v) is 37.7. The zero-order chi connectivity index (χ0) is 65.2. The van der Waals surface area contributed by atoms with E-state index in [9.17, 15) is 5.11 Å². The van der Waals surface area contributed by atoms with Crippen molar-refractivity contribution < 1.29 is 14.9 Å². The molecule has 0 bridgehead atoms. The number of aliphatic hydroxyl groups is 2. The lowest BCUT2D eigenvalue weighted by molar-refractivity contribution is 0.00828. The molecule has 0 spiro atoms. The minimum Gasteiger partial charge on any atom is -0.396 e. The first-order chi connectivity index (χ1) is 36.7. The Balaban J connectivity index is -0.000000871. The minimum absolute atomic E-state index is 0.267. The summed E-state index contributed by atoms with van der Waals surface area (Å²) >= 11 is 0. The van der Waals surface area contributed by atoms with Gasteiger partial charge in [-0.1, -0.05) is 317 Å². The summed E-state index contributed by atoms with van der Waals surface area (Å²) in [6.07, 6.45) is 25.1. The topological polar surface area (TPSA) is 49.7 Å². The molecule has 7 unspecified atom stereocenters. The van der Waals surface area contributed by atoms with E-state index in [1.807, 2.05) is 0 Å². The van der Waals surface area contributed by atoms with E-state index in [0.29, 0.717) is 51.1 Å². The highest BCUT2D eigenvalue weighted by molar-refractivity contribution is 5.31. The van der Waals surface area contributed by atoms with Crippen molar-refractivity contribution in [3.05, 3.63) is 35.4 Å². The minimum atomic E-state index is -0.321. The Labute approximate surface area is 520 Å². The number of aryl methyl sites for hydroxylation is 1. The third-order valence-electron chi connectivity index (χ3n) is 18.0. The van der Waals surface area contributed by atoms with E-state index in [-0.39, 0.29) is 21.8 Å². The maximum Gasteiger partial charge on any atom is 0.0652 e. The lowest BCUT2D eigenvalue weighted by atomic mass is 9.67. The van der Waals surface area contributed by atoms with Gasteiger partial charge in [-0.15, -0.1) is 0 Å². The smallest absolute Gasteiger partial charge is 0.0652 e. The second kappa shape index (κ2) is 37.8. The summed E-state index contributed by atoms with van der Waals surface area (Å²) < 4.78 is 5.53. The van der Waals surface area contributed by atoms with Gasteiger partial charge in [0, 0.05) is 13.2 Å². The molecule has 0 aromatic heterocycles. The van der Waals surface area contributed by atoms with Crippen molar-refractivity contribution >= 4 is 0 Å². The fourth-order valence-corrected chi connectivity index (χ4v) is 15.0. The van der Waals surface area contributed by atoms with Gasteiger partial charge in [0.15, 0.2) is 0 Å². The predicted octanol–water partition coefficient (Wildman–Crippen LogP) is 25.6. The van der Waals surface area contributed by atoms with Gasteiger partial charge in [0.1, 0.15) is 0 Å². The molecule has 3 aliphatic carbocycles. The lowest BCUT2D eigenvalue weighted by Crippen LogP contribution is -2.30. The Kier molecular flexibility index (Phi) is 39.4. The Morgan fingerprint density at radius 3 is 1.13 bits per heavy atom. The zero-order valence-electron chi connectivity index (χ0n) is 63.1. The molecule has 3 saturated carbocycles. The molecule has 82 heavy (non-hydrogen) atoms. The van der Waals surface area contributed by atoms with E-state index in [1.54, 1.807) is 0 Å². The van der Waals surface area contributed by atoms with Gasteiger partial charge in [-0.25, -0.2) is 0 Å². The van der Waals surface area contributed by atoms with Crippen molar-refractivity contribution in [3.63, 3.8) is 0 Å². The third-order valence-corrected chi connectivity index (χ3v) is 18.0. The largest absolute Gasteiger partial charge is 0.396 e. The van der Waals surface area contributed by atoms with Crippen LogP contribution in [0, 0.1) is 91.7 Å². The van der Waals surface area contributed by atoms with Crippen LogP contribution in [0.2, 0.25) is 0 Å². The highest BCUT2D eigenvalue weighted by Crippen LogP contribution is 2.43. The summed E-state index contributed by atoms with van der Waals surface area (Å²) in [5.74, 6) is 6.01. The Bertz CT molecular complexity index is 1640. The van der Waals surface area contributed by atoms with Crippen LogP contribution in [0.25, 0.3) is 0 Å². The first-order valence-electron chi connectivity index (χ1n) is 34.7. The van der Waals surface area contributed by atoms with Gasteiger partial charge in [0.2, 0.25) is 0 Å². The number of ether oxygens (including phenoxy) is 1. The van der Waals surface area contributed by atoms with Crippen molar-refractivity contribution in [1.82, 2.24) is 0 Å². The van der Waals surface area contributed by atoms with E-state index in [1.165, 1.54) is 107 Å². The number of rotatable bonds is 6. The van der Waals surface area contributed by atoms with Crippen LogP contribution in [0.1, 0.15) is 362 Å². The normalized spacial score (nSPS) is 22.4. The van der Waals surface area contributed by atoms with Crippen LogP contribution in [-0.2, 0) is 10.2 Å². The van der Waals surface area contributed by atoms with Crippen LogP contribution >= 0.6 is 0 Å². The van der Waals surface area contributed by atoms with Gasteiger partial charge in [-0.2, -0.15) is 0 Å². The van der Waals surface area contributed by atoms with Crippen molar-refractivity contribution in [1.29, 1.82) is 0 Å². The molecule has 3 nitrogen and oxygen atoms in total. The molecule has 1 aromatic carbocycles. The van der Waals surface area contributed by atoms with Gasteiger partial charge in [0.05, 0.1) is 11.7 Å². The van der Waals surface area contributed by atoms with Crippen LogP contribution in [0.5, 0.6) is 0 Å². The molecular weight excluding hydrogens is 997 g/mol. The number of aliphatic hydroxyl groups excluding tert-OH is 1. The summed E-state index contributed by atoms with van der Waals surface area (Å²) in [5, 5.41) is 18.9. The van der Waals surface area contributed by atoms with Crippen LogP contribution in [0.3, 0.4) is 0 Å². The molecule has 4 aliphatic rings. The first-order valence-corrected chi connectivity index (χ1v) is 34.7. The molecule has 7 atom stereocenters. The Morgan fingerprint density at radius 2 is 0.939 bits per heavy atom. The average molecular weight is 1160 g/mol. The Morgan fingerprint density at radius 1 is 0.524 bits per heavy atom. The number of benzene rings is 1. The summed E-state index contributed by atoms with van der Waals surface area (Å²) in [7, 11) is 0. The summed E-state index contributed by atoms with van der Waals surface area (Å²) in [4.78, 5) is 0. The maximum absolute atomic E-state index is 10.0. The molecule has 1 aliphatic heterocycles. The van der Waals surface area contributed by atoms with Gasteiger partial charge in [-0.05, 0) is 166 Å². The maximum atomic E-state index is 10.0. The van der Waals surface area contributed by atoms with Gasteiger partial charge in [-0.3, -0.25) is 0 Å². The first kappa shape index (κ1) is 85.3. The molecular formula is C79H158O3. The molecule has 1 heterocycles. The SMILES string of the molecule is CC(C)(C)CC(C)(C)C.CC(C)(C)CC1(O)CCCC1.CC(C)(C)CC1CCCO1.CC1CCCCC1C(C)(C)C.CC1CCCCC1C(C)(C)C.CCC(C(C)C)C(C)(C)C.CCC(CO)C(C)(C)C.Cc1ccccc1C(C)(C)C. The number of hydrogen-bond donors (Lipinski definition) is 2. The molecule has 0 amide bonds. The van der Waals surface area contributed by atoms with Crippen molar-refractivity contribution in [3.8, 4) is 0 Å². The molecule has 3 heteroatoms. The van der Waals surface area contributed by atoms with E-state index in [2.05, 4.69) is 260 Å². The van der Waals surface area contributed by atoms with Crippen LogP contribution < -0.4 is 0 Å². The van der Waals surface area contributed by atoms with Crippen molar-refractivity contribution in [2.24, 2.45) is 84.7 Å². The van der Waals surface area contributed by atoms with Gasteiger partial charge < -0.3 is 14.9 Å². The standard InChI is InChI=1S/2C11H22.C11H16.C10H20O.C10H22.C9H18O.C9H20.C8H18O/c3*1-9-7-5-6-8-10(9)11(2,3)4;1-9(2,3)8-10(11)6-4-5-7-10;1-7-9(8(2)3)10(4,5)6;1-9(2,3)7-8-5-4-6-10-8;1-8(2,3)7-9(4,5)6;1-5-7(6-9)8(2,3)4/h2*9-10H,5-8H2,1-4H3;5-8H,1-4H3;11H,4-8H2,1-3H3;8-9H,7H2,1-6H3;8H,4-7H2,1-3H3;7H2,1-6H3;7,9H,5-6H2,1-4H3. The monoisotopic (exact) mass is 1160 g/mol. The summed E-state index contributed by atoms with van der Waals surface area (Å²) in [5.41, 5.74) is 6.32. The summed E-state index contributed by atoms with van der Waals surface area (Å²) in [6.45, 7) is 79.1. The zero-order valence-corrected chi connectivity index (χ0v) is 63.1. The van der Waals surface area contributed by atoms with Crippen LogP contribution in [0.15, 0.2) is 24.3 Å². The van der Waals surface area contributed by atoms with E-state index < -0.39 is 0 Å². The number of hydrogen-bond acceptors (Lipinski definition) is 3. The van der Waals surface area contributed by atoms with Crippen LogP contribution in [0.4, 0.5) is 0 Å². The molecule has 2 N–H and O–H groups in total. The predicted molar refractivity (Wildman–Crippen MR) is 373 cm³/mol. The highest BCUT2D eigenvalue weighted by atomic mass is 16.5. The van der Waals surface area contributed by atoms with Crippen molar-refractivity contribution in [2.75, 3.05) is 13.2 Å². The van der Waals surface area contributed by atoms with Gasteiger partial charge >= 0.3 is 0 Å². The molecule has 4 fully saturated rings. The summed E-state index contributed by atoms with van der Waals surface area (Å²) in [6, 6.07) is 8.56. The molecule has 492 valence electrons. The molecule has 1 saturated heterocycles. The lowest BCUT2D eigenvalue weighted by Gasteiger charge is -2.38. The van der Waals surface area contributed by atoms with E-state index >= 15 is 0 Å². The van der Waals surface area contributed by atoms with Crippen molar-refractivity contribution in [2.45, 2.75) is 375 Å². The Hall–Kier alpha value is -0.900. The molecule has 0 radical (unpaired) electrons. The molecule has 1 aromatic rings. The quantitative estimate of drug-likeness (QED) is 0.298. The van der Waals surface area contributed by atoms with Gasteiger partial charge in [0.25, 0.3) is 0 Å². The van der Waals surface area contributed by atoms with Crippen LogP contribution in [-0.4, -0.2) is 35.1 Å². The fraction of sp³-hybridized carbons (Fsp3) is 0.924. The van der Waals surface area contributed by atoms with E-state index in [0.717, 1.165) is 67.8 Å². The third kappa shape index (κ3) is 43.7. The second-order valence-electron chi connectivity index (χ2n) is 37.7. The fourth-order valence-electron chi connectivity index (χ4n) is 15.0.